The number of nitrogens with one attached hydrogen (secondary N) is 2. The molecule has 4 rings (SSSR count). The maximum Gasteiger partial charge on any atom is 0.254 e. The maximum atomic E-state index is 12.5. The Morgan fingerprint density at radius 2 is 0.946 bits per heavy atom. The molecule has 0 aromatic heterocycles. The quantitative estimate of drug-likeness (QED) is 0.566. The summed E-state index contributed by atoms with van der Waals surface area (Å²) < 4.78 is 10.5. The van der Waals surface area contributed by atoms with Gasteiger partial charge in [0.15, 0.2) is 0 Å². The normalized spacial score (nSPS) is 15.7. The summed E-state index contributed by atoms with van der Waals surface area (Å²) in [5.41, 5.74) is 2.32. The van der Waals surface area contributed by atoms with E-state index in [4.69, 9.17) is 9.47 Å². The van der Waals surface area contributed by atoms with Gasteiger partial charge in [0.2, 0.25) is 11.8 Å². The van der Waals surface area contributed by atoms with Gasteiger partial charge in [0.05, 0.1) is 26.4 Å². The molecule has 0 atom stereocenters. The topological polar surface area (TPSA) is 117 Å². The minimum absolute atomic E-state index is 0.0504. The van der Waals surface area contributed by atoms with E-state index >= 15 is 0 Å². The molecule has 2 aromatic rings. The number of carbonyl (C=O) groups is 4. The third-order valence-corrected chi connectivity index (χ3v) is 6.24. The Morgan fingerprint density at radius 3 is 1.30 bits per heavy atom. The van der Waals surface area contributed by atoms with E-state index in [9.17, 15) is 19.2 Å². The van der Waals surface area contributed by atoms with Crippen LogP contribution in [0.2, 0.25) is 0 Å². The summed E-state index contributed by atoms with van der Waals surface area (Å²) in [6.07, 6.45) is 0.766. The molecule has 10 nitrogen and oxygen atoms in total. The molecule has 10 heteroatoms. The molecule has 0 aliphatic carbocycles. The van der Waals surface area contributed by atoms with Gasteiger partial charge in [-0.05, 0) is 55.0 Å². The summed E-state index contributed by atoms with van der Waals surface area (Å²) in [5, 5.41) is 5.59. The van der Waals surface area contributed by atoms with Gasteiger partial charge in [0, 0.05) is 61.5 Å². The van der Waals surface area contributed by atoms with Crippen LogP contribution < -0.4 is 10.6 Å². The Labute approximate surface area is 215 Å². The fourth-order valence-corrected chi connectivity index (χ4v) is 4.15. The number of nitrogens with zero attached hydrogens (tertiary/aromatic N) is 2. The summed E-state index contributed by atoms with van der Waals surface area (Å²) in [6.45, 7) is 4.47. The number of hydrogen-bond donors (Lipinski definition) is 2. The van der Waals surface area contributed by atoms with E-state index in [0.29, 0.717) is 81.5 Å². The van der Waals surface area contributed by atoms with Crippen LogP contribution in [0, 0.1) is 0 Å². The zero-order valence-corrected chi connectivity index (χ0v) is 20.7. The zero-order valence-electron chi connectivity index (χ0n) is 20.7. The van der Waals surface area contributed by atoms with E-state index in [0.717, 1.165) is 0 Å². The summed E-state index contributed by atoms with van der Waals surface area (Å²) in [6, 6.07) is 13.6. The highest BCUT2D eigenvalue weighted by molar-refractivity contribution is 5.97. The second-order valence-electron chi connectivity index (χ2n) is 8.91. The number of anilines is 2. The van der Waals surface area contributed by atoms with Gasteiger partial charge >= 0.3 is 0 Å². The van der Waals surface area contributed by atoms with Gasteiger partial charge in [-0.25, -0.2) is 0 Å². The van der Waals surface area contributed by atoms with Crippen LogP contribution in [0.5, 0.6) is 0 Å². The van der Waals surface area contributed by atoms with Crippen molar-refractivity contribution in [3.05, 3.63) is 59.7 Å². The van der Waals surface area contributed by atoms with Gasteiger partial charge in [-0.2, -0.15) is 0 Å². The molecular formula is C27H32N4O6. The van der Waals surface area contributed by atoms with E-state index in [1.807, 2.05) is 0 Å². The highest BCUT2D eigenvalue weighted by atomic mass is 16.5. The predicted octanol–water partition coefficient (Wildman–Crippen LogP) is 2.38. The molecule has 2 aliphatic rings. The molecule has 0 saturated carbocycles. The van der Waals surface area contributed by atoms with Crippen molar-refractivity contribution in [3.8, 4) is 0 Å². The molecule has 2 saturated heterocycles. The Morgan fingerprint density at radius 1 is 0.595 bits per heavy atom. The van der Waals surface area contributed by atoms with Crippen molar-refractivity contribution in [2.24, 2.45) is 0 Å². The molecule has 0 bridgehead atoms. The van der Waals surface area contributed by atoms with Crippen LogP contribution in [0.4, 0.5) is 11.4 Å². The minimum Gasteiger partial charge on any atom is -0.378 e. The number of hydrogen-bond acceptors (Lipinski definition) is 6. The Hall–Kier alpha value is -3.76. The number of carbonyl (C=O) groups excluding carboxylic acids is 4. The van der Waals surface area contributed by atoms with Crippen molar-refractivity contribution in [1.29, 1.82) is 0 Å². The highest BCUT2D eigenvalue weighted by Gasteiger charge is 2.19. The summed E-state index contributed by atoms with van der Waals surface area (Å²) in [5.74, 6) is -0.506. The number of rotatable bonds is 8. The van der Waals surface area contributed by atoms with Crippen LogP contribution in [0.25, 0.3) is 0 Å². The third kappa shape index (κ3) is 7.61. The Balaban J connectivity index is 1.16. The number of amides is 4. The van der Waals surface area contributed by atoms with E-state index in [-0.39, 0.29) is 36.5 Å². The van der Waals surface area contributed by atoms with Crippen molar-refractivity contribution in [2.45, 2.75) is 19.3 Å². The molecule has 4 amide bonds. The van der Waals surface area contributed by atoms with Crippen LogP contribution >= 0.6 is 0 Å². The SMILES string of the molecule is O=C(CCCC(=O)Nc1ccc(C(=O)N2CCOCC2)cc1)Nc1ccc(C(=O)N2CCOCC2)cc1. The third-order valence-electron chi connectivity index (χ3n) is 6.24. The van der Waals surface area contributed by atoms with Crippen molar-refractivity contribution in [1.82, 2.24) is 9.80 Å². The first kappa shape index (κ1) is 26.3. The van der Waals surface area contributed by atoms with Gasteiger partial charge in [-0.15, -0.1) is 0 Å². The average molecular weight is 509 g/mol. The van der Waals surface area contributed by atoms with Crippen molar-refractivity contribution < 1.29 is 28.7 Å². The lowest BCUT2D eigenvalue weighted by molar-refractivity contribution is -0.117. The summed E-state index contributed by atoms with van der Waals surface area (Å²) >= 11 is 0. The van der Waals surface area contributed by atoms with E-state index in [1.54, 1.807) is 58.3 Å². The van der Waals surface area contributed by atoms with Gasteiger partial charge in [0.25, 0.3) is 11.8 Å². The molecule has 2 N–H and O–H groups in total. The van der Waals surface area contributed by atoms with Crippen molar-refractivity contribution >= 4 is 35.0 Å². The first-order valence-corrected chi connectivity index (χ1v) is 12.5. The van der Waals surface area contributed by atoms with E-state index in [1.165, 1.54) is 0 Å². The molecule has 37 heavy (non-hydrogen) atoms. The molecule has 2 fully saturated rings. The first-order valence-electron chi connectivity index (χ1n) is 12.5. The zero-order chi connectivity index (χ0) is 26.0. The molecule has 0 unspecified atom stereocenters. The lowest BCUT2D eigenvalue weighted by Crippen LogP contribution is -2.40. The highest BCUT2D eigenvalue weighted by Crippen LogP contribution is 2.15. The van der Waals surface area contributed by atoms with Gasteiger partial charge in [-0.1, -0.05) is 0 Å². The smallest absolute Gasteiger partial charge is 0.254 e. The fourth-order valence-electron chi connectivity index (χ4n) is 4.15. The largest absolute Gasteiger partial charge is 0.378 e. The Bertz CT molecular complexity index is 1000. The molecule has 2 aromatic carbocycles. The molecule has 0 spiro atoms. The van der Waals surface area contributed by atoms with Gasteiger partial charge in [-0.3, -0.25) is 19.2 Å². The second kappa shape index (κ2) is 13.0. The Kier molecular flexibility index (Phi) is 9.23. The van der Waals surface area contributed by atoms with Gasteiger partial charge < -0.3 is 29.9 Å². The van der Waals surface area contributed by atoms with Crippen LogP contribution in [0.3, 0.4) is 0 Å². The summed E-state index contributed by atoms with van der Waals surface area (Å²) in [7, 11) is 0. The second-order valence-corrected chi connectivity index (χ2v) is 8.91. The number of benzene rings is 2. The van der Waals surface area contributed by atoms with Crippen molar-refractivity contribution in [3.63, 3.8) is 0 Å². The van der Waals surface area contributed by atoms with E-state index < -0.39 is 0 Å². The molecule has 2 aliphatic heterocycles. The van der Waals surface area contributed by atoms with Crippen LogP contribution in [0.1, 0.15) is 40.0 Å². The van der Waals surface area contributed by atoms with Crippen LogP contribution in [-0.2, 0) is 19.1 Å². The average Bonchev–Trinajstić information content (AvgIpc) is 2.94. The molecule has 196 valence electrons. The minimum atomic E-state index is -0.203. The van der Waals surface area contributed by atoms with Crippen LogP contribution in [-0.4, -0.2) is 86.0 Å². The number of morpholine rings is 2. The molecule has 2 heterocycles. The summed E-state index contributed by atoms with van der Waals surface area (Å²) in [4.78, 5) is 53.1. The molecular weight excluding hydrogens is 476 g/mol. The first-order chi connectivity index (χ1) is 18.0. The van der Waals surface area contributed by atoms with E-state index in [2.05, 4.69) is 10.6 Å². The monoisotopic (exact) mass is 508 g/mol. The lowest BCUT2D eigenvalue weighted by Gasteiger charge is -2.26. The van der Waals surface area contributed by atoms with Gasteiger partial charge in [0.1, 0.15) is 0 Å². The predicted molar refractivity (Wildman–Crippen MR) is 137 cm³/mol. The number of ether oxygens (including phenoxy) is 2. The lowest BCUT2D eigenvalue weighted by atomic mass is 10.1. The van der Waals surface area contributed by atoms with Crippen LogP contribution in [0.15, 0.2) is 48.5 Å². The standard InChI is InChI=1S/C27H32N4O6/c32-24(28-22-8-4-20(5-9-22)26(34)30-12-16-36-17-13-30)2-1-3-25(33)29-23-10-6-21(7-11-23)27(35)31-14-18-37-19-15-31/h4-11H,1-3,12-19H2,(H,28,32)(H,29,33). The molecule has 0 radical (unpaired) electrons. The maximum absolute atomic E-state index is 12.5. The van der Waals surface area contributed by atoms with Crippen molar-refractivity contribution in [2.75, 3.05) is 63.2 Å². The fraction of sp³-hybridized carbons (Fsp3) is 0.407.